The third kappa shape index (κ3) is 8.66. The molecule has 178 valence electrons. The number of carbonyl (C=O) groups excluding carboxylic acids is 3. The maximum Gasteiger partial charge on any atom is 0.326 e. The Kier molecular flexibility index (Phi) is 11.9. The number of nitrogens with one attached hydrogen (secondary N) is 2. The number of thiol groups is 1. The van der Waals surface area contributed by atoms with Gasteiger partial charge >= 0.3 is 5.97 Å². The molecule has 1 aliphatic rings. The van der Waals surface area contributed by atoms with E-state index in [9.17, 15) is 24.3 Å². The molecule has 4 unspecified atom stereocenters. The van der Waals surface area contributed by atoms with E-state index in [4.69, 9.17) is 11.5 Å². The van der Waals surface area contributed by atoms with Crippen LogP contribution in [0.2, 0.25) is 0 Å². The maximum absolute atomic E-state index is 13.1. The van der Waals surface area contributed by atoms with Gasteiger partial charge in [0.05, 0.1) is 6.04 Å². The van der Waals surface area contributed by atoms with E-state index in [0.717, 1.165) is 0 Å². The monoisotopic (exact) mass is 459 g/mol. The van der Waals surface area contributed by atoms with Gasteiger partial charge in [0.15, 0.2) is 0 Å². The van der Waals surface area contributed by atoms with Gasteiger partial charge in [-0.15, -0.1) is 0 Å². The van der Waals surface area contributed by atoms with Crippen LogP contribution in [-0.4, -0.2) is 76.7 Å². The number of carboxylic acid groups (broad SMARTS) is 1. The third-order valence-corrected chi connectivity index (χ3v) is 5.65. The first-order chi connectivity index (χ1) is 14.6. The highest BCUT2D eigenvalue weighted by atomic mass is 32.1. The summed E-state index contributed by atoms with van der Waals surface area (Å²) in [5.41, 5.74) is 11.3. The summed E-state index contributed by atoms with van der Waals surface area (Å²) in [5, 5.41) is 14.8. The van der Waals surface area contributed by atoms with Crippen LogP contribution in [0.5, 0.6) is 0 Å². The van der Waals surface area contributed by atoms with Gasteiger partial charge in [0.25, 0.3) is 0 Å². The number of amides is 3. The minimum absolute atomic E-state index is 0.102. The lowest BCUT2D eigenvalue weighted by Gasteiger charge is -2.29. The highest BCUT2D eigenvalue weighted by Crippen LogP contribution is 2.20. The minimum atomic E-state index is -1.05. The third-order valence-electron chi connectivity index (χ3n) is 5.26. The van der Waals surface area contributed by atoms with Crippen molar-refractivity contribution in [1.82, 2.24) is 15.5 Å². The molecule has 11 heteroatoms. The summed E-state index contributed by atoms with van der Waals surface area (Å²) < 4.78 is 0. The number of carboxylic acids is 1. The van der Waals surface area contributed by atoms with Crippen LogP contribution in [0.1, 0.15) is 52.4 Å². The van der Waals surface area contributed by atoms with Crippen LogP contribution in [0.15, 0.2) is 0 Å². The molecule has 0 bridgehead atoms. The number of nitrogens with two attached hydrogens (primary N) is 2. The number of rotatable bonds is 13. The van der Waals surface area contributed by atoms with Crippen LogP contribution in [0.4, 0.5) is 0 Å². The van der Waals surface area contributed by atoms with Crippen molar-refractivity contribution >= 4 is 36.3 Å². The molecule has 1 rings (SSSR count). The Morgan fingerprint density at radius 1 is 1.13 bits per heavy atom. The van der Waals surface area contributed by atoms with E-state index in [1.165, 1.54) is 4.90 Å². The lowest BCUT2D eigenvalue weighted by Crippen LogP contribution is -2.57. The van der Waals surface area contributed by atoms with Gasteiger partial charge in [-0.2, -0.15) is 12.6 Å². The Labute approximate surface area is 189 Å². The molecule has 4 atom stereocenters. The van der Waals surface area contributed by atoms with Crippen LogP contribution >= 0.6 is 12.6 Å². The van der Waals surface area contributed by atoms with Crippen molar-refractivity contribution in [3.63, 3.8) is 0 Å². The van der Waals surface area contributed by atoms with Gasteiger partial charge in [-0.25, -0.2) is 4.79 Å². The highest BCUT2D eigenvalue weighted by molar-refractivity contribution is 7.80. The molecule has 0 spiro atoms. The molecule has 1 fully saturated rings. The summed E-state index contributed by atoms with van der Waals surface area (Å²) in [6, 6.07) is -3.49. The van der Waals surface area contributed by atoms with Gasteiger partial charge in [0.1, 0.15) is 18.1 Å². The normalized spacial score (nSPS) is 19.0. The first-order valence-corrected chi connectivity index (χ1v) is 11.5. The predicted octanol–water partition coefficient (Wildman–Crippen LogP) is -0.536. The number of carbonyl (C=O) groups is 4. The molecule has 31 heavy (non-hydrogen) atoms. The Morgan fingerprint density at radius 3 is 2.32 bits per heavy atom. The average molecular weight is 460 g/mol. The fourth-order valence-electron chi connectivity index (χ4n) is 3.57. The predicted molar refractivity (Wildman–Crippen MR) is 120 cm³/mol. The summed E-state index contributed by atoms with van der Waals surface area (Å²) in [5.74, 6) is -2.23. The van der Waals surface area contributed by atoms with Gasteiger partial charge < -0.3 is 32.1 Å². The van der Waals surface area contributed by atoms with Crippen molar-refractivity contribution in [3.05, 3.63) is 0 Å². The zero-order valence-electron chi connectivity index (χ0n) is 18.4. The van der Waals surface area contributed by atoms with Crippen LogP contribution in [0.25, 0.3) is 0 Å². The Hall–Kier alpha value is -1.85. The topological polar surface area (TPSA) is 168 Å². The number of likely N-dealkylation sites (tertiary alicyclic amines) is 1. The van der Waals surface area contributed by atoms with Crippen molar-refractivity contribution < 1.29 is 24.3 Å². The van der Waals surface area contributed by atoms with Crippen molar-refractivity contribution in [2.75, 3.05) is 18.8 Å². The summed E-state index contributed by atoms with van der Waals surface area (Å²) >= 11 is 4.01. The molecule has 7 N–H and O–H groups in total. The van der Waals surface area contributed by atoms with Crippen LogP contribution in [0.3, 0.4) is 0 Å². The van der Waals surface area contributed by atoms with E-state index in [-0.39, 0.29) is 11.7 Å². The fourth-order valence-corrected chi connectivity index (χ4v) is 3.74. The highest BCUT2D eigenvalue weighted by Gasteiger charge is 2.38. The summed E-state index contributed by atoms with van der Waals surface area (Å²) in [4.78, 5) is 51.1. The molecular weight excluding hydrogens is 422 g/mol. The van der Waals surface area contributed by atoms with Crippen molar-refractivity contribution in [1.29, 1.82) is 0 Å². The first-order valence-electron chi connectivity index (χ1n) is 10.8. The second-order valence-corrected chi connectivity index (χ2v) is 8.72. The minimum Gasteiger partial charge on any atom is -0.480 e. The van der Waals surface area contributed by atoms with Gasteiger partial charge in [-0.1, -0.05) is 13.8 Å². The molecule has 1 aliphatic heterocycles. The fraction of sp³-hybridized carbons (Fsp3) is 0.800. The molecule has 0 aromatic rings. The van der Waals surface area contributed by atoms with Crippen LogP contribution < -0.4 is 22.1 Å². The van der Waals surface area contributed by atoms with Gasteiger partial charge in [0.2, 0.25) is 17.7 Å². The lowest BCUT2D eigenvalue weighted by atomic mass is 10.0. The smallest absolute Gasteiger partial charge is 0.326 e. The first kappa shape index (κ1) is 27.2. The van der Waals surface area contributed by atoms with Crippen LogP contribution in [-0.2, 0) is 19.2 Å². The zero-order valence-corrected chi connectivity index (χ0v) is 19.3. The number of hydrogen-bond donors (Lipinski definition) is 6. The van der Waals surface area contributed by atoms with E-state index >= 15 is 0 Å². The number of unbranched alkanes of at least 4 members (excludes halogenated alkanes) is 1. The Bertz CT molecular complexity index is 633. The van der Waals surface area contributed by atoms with E-state index in [1.807, 2.05) is 13.8 Å². The van der Waals surface area contributed by atoms with Gasteiger partial charge in [0, 0.05) is 12.3 Å². The Balaban J connectivity index is 2.97. The number of aliphatic carboxylic acids is 1. The summed E-state index contributed by atoms with van der Waals surface area (Å²) in [7, 11) is 0. The second-order valence-electron chi connectivity index (χ2n) is 8.35. The van der Waals surface area contributed by atoms with Gasteiger partial charge in [-0.05, 0) is 51.0 Å². The number of hydrogen-bond acceptors (Lipinski definition) is 7. The van der Waals surface area contributed by atoms with Crippen molar-refractivity contribution in [2.45, 2.75) is 76.5 Å². The molecule has 1 saturated heterocycles. The zero-order chi connectivity index (χ0) is 23.6. The second kappa shape index (κ2) is 13.5. The molecular formula is C20H37N5O5S. The number of nitrogens with zero attached hydrogens (tertiary/aromatic N) is 1. The molecule has 0 radical (unpaired) electrons. The van der Waals surface area contributed by atoms with E-state index in [0.29, 0.717) is 51.6 Å². The molecule has 1 heterocycles. The molecule has 0 saturated carbocycles. The molecule has 10 nitrogen and oxygen atoms in total. The molecule has 0 aromatic carbocycles. The average Bonchev–Trinajstić information content (AvgIpc) is 3.21. The molecule has 3 amide bonds. The summed E-state index contributed by atoms with van der Waals surface area (Å²) in [6.07, 6.45) is 2.96. The van der Waals surface area contributed by atoms with E-state index < -0.39 is 47.9 Å². The summed E-state index contributed by atoms with van der Waals surface area (Å²) in [6.45, 7) is 4.61. The molecule has 0 aromatic heterocycles. The van der Waals surface area contributed by atoms with E-state index in [2.05, 4.69) is 23.3 Å². The lowest BCUT2D eigenvalue weighted by molar-refractivity contribution is -0.149. The molecule has 0 aliphatic carbocycles. The van der Waals surface area contributed by atoms with Crippen molar-refractivity contribution in [3.8, 4) is 0 Å². The van der Waals surface area contributed by atoms with Gasteiger partial charge in [-0.3, -0.25) is 14.4 Å². The van der Waals surface area contributed by atoms with E-state index in [1.54, 1.807) is 0 Å². The quantitative estimate of drug-likeness (QED) is 0.159. The van der Waals surface area contributed by atoms with Crippen molar-refractivity contribution in [2.24, 2.45) is 17.4 Å². The van der Waals surface area contributed by atoms with Crippen LogP contribution in [0, 0.1) is 5.92 Å². The SMILES string of the molecule is CC(C)CC(NC(=O)C(N)CS)C(=O)NC(CCCCN)C(=O)N1CCCC1C(=O)O. The largest absolute Gasteiger partial charge is 0.480 e. The maximum atomic E-state index is 13.1. The Morgan fingerprint density at radius 2 is 1.77 bits per heavy atom. The standard InChI is InChI=1S/C20H37N5O5S/c1-12(2)10-15(24-17(26)13(22)11-31)18(27)23-14(6-3-4-8-21)19(28)25-9-5-7-16(25)20(29)30/h12-16,31H,3-11,21-22H2,1-2H3,(H,23,27)(H,24,26)(H,29,30).